The standard InChI is InChI=1S/C20H31NO5/c1-5-25-16(23)12-21(13-9-7-8-10-13)14-11-15(22)20(26-6-2)18(17(14)24)19(20,3)4/h13-14,18H,5-12H2,1-4H3. The second-order valence-corrected chi connectivity index (χ2v) is 8.28. The Morgan fingerprint density at radius 2 is 1.81 bits per heavy atom. The van der Waals surface area contributed by atoms with Crippen LogP contribution in [0.2, 0.25) is 0 Å². The van der Waals surface area contributed by atoms with Crippen LogP contribution in [0.4, 0.5) is 0 Å². The minimum atomic E-state index is -0.958. The number of Topliss-reactive ketones (excluding diaryl/α,β-unsaturated/α-hetero) is 2. The Morgan fingerprint density at radius 3 is 2.38 bits per heavy atom. The van der Waals surface area contributed by atoms with Crippen molar-refractivity contribution in [1.29, 1.82) is 0 Å². The van der Waals surface area contributed by atoms with Crippen LogP contribution in [-0.2, 0) is 23.9 Å². The van der Waals surface area contributed by atoms with Crippen molar-refractivity contribution < 1.29 is 23.9 Å². The summed E-state index contributed by atoms with van der Waals surface area (Å²) in [5, 5.41) is 0. The van der Waals surface area contributed by atoms with E-state index in [4.69, 9.17) is 9.47 Å². The number of rotatable bonds is 7. The van der Waals surface area contributed by atoms with Crippen LogP contribution in [0.25, 0.3) is 0 Å². The van der Waals surface area contributed by atoms with Crippen molar-refractivity contribution in [1.82, 2.24) is 4.90 Å². The molecule has 6 heteroatoms. The molecule has 3 unspecified atom stereocenters. The van der Waals surface area contributed by atoms with Gasteiger partial charge in [-0.05, 0) is 26.7 Å². The highest BCUT2D eigenvalue weighted by molar-refractivity contribution is 6.10. The monoisotopic (exact) mass is 365 g/mol. The van der Waals surface area contributed by atoms with Crippen molar-refractivity contribution >= 4 is 17.5 Å². The number of fused-ring (bicyclic) bond motifs is 1. The molecule has 3 saturated carbocycles. The number of ether oxygens (including phenoxy) is 2. The van der Waals surface area contributed by atoms with E-state index in [2.05, 4.69) is 0 Å². The van der Waals surface area contributed by atoms with Gasteiger partial charge in [0, 0.05) is 24.5 Å². The molecular weight excluding hydrogens is 334 g/mol. The first-order chi connectivity index (χ1) is 12.3. The quantitative estimate of drug-likeness (QED) is 0.644. The Bertz CT molecular complexity index is 595. The minimum Gasteiger partial charge on any atom is -0.465 e. The van der Waals surface area contributed by atoms with Gasteiger partial charge in [-0.1, -0.05) is 26.7 Å². The lowest BCUT2D eigenvalue weighted by molar-refractivity contribution is -0.153. The zero-order chi connectivity index (χ0) is 19.1. The van der Waals surface area contributed by atoms with Crippen molar-refractivity contribution in [2.45, 2.75) is 77.5 Å². The zero-order valence-electron chi connectivity index (χ0n) is 16.4. The summed E-state index contributed by atoms with van der Waals surface area (Å²) in [4.78, 5) is 40.4. The molecule has 3 rings (SSSR count). The van der Waals surface area contributed by atoms with Gasteiger partial charge in [-0.2, -0.15) is 0 Å². The number of ketones is 2. The number of carbonyl (C=O) groups excluding carboxylic acids is 3. The summed E-state index contributed by atoms with van der Waals surface area (Å²) in [6.45, 7) is 8.33. The lowest BCUT2D eigenvalue weighted by Crippen LogP contribution is -2.55. The third-order valence-corrected chi connectivity index (χ3v) is 6.59. The third-order valence-electron chi connectivity index (χ3n) is 6.59. The second-order valence-electron chi connectivity index (χ2n) is 8.28. The molecule has 0 saturated heterocycles. The van der Waals surface area contributed by atoms with Crippen molar-refractivity contribution in [3.63, 3.8) is 0 Å². The minimum absolute atomic E-state index is 0.00538. The van der Waals surface area contributed by atoms with Gasteiger partial charge in [0.05, 0.1) is 25.1 Å². The maximum absolute atomic E-state index is 13.3. The zero-order valence-corrected chi connectivity index (χ0v) is 16.4. The molecule has 0 heterocycles. The van der Waals surface area contributed by atoms with E-state index in [9.17, 15) is 14.4 Å². The fraction of sp³-hybridized carbons (Fsp3) is 0.850. The van der Waals surface area contributed by atoms with Crippen molar-refractivity contribution in [2.24, 2.45) is 11.3 Å². The van der Waals surface area contributed by atoms with Crippen LogP contribution in [0.15, 0.2) is 0 Å². The molecule has 3 aliphatic carbocycles. The maximum atomic E-state index is 13.3. The first-order valence-electron chi connectivity index (χ1n) is 9.93. The molecule has 3 aliphatic rings. The second kappa shape index (κ2) is 7.04. The molecule has 0 aromatic heterocycles. The van der Waals surface area contributed by atoms with Gasteiger partial charge in [-0.3, -0.25) is 19.3 Å². The molecule has 0 N–H and O–H groups in total. The predicted molar refractivity (Wildman–Crippen MR) is 95.6 cm³/mol. The van der Waals surface area contributed by atoms with E-state index in [-0.39, 0.29) is 36.5 Å². The summed E-state index contributed by atoms with van der Waals surface area (Å²) in [5.41, 5.74) is -1.43. The van der Waals surface area contributed by atoms with Gasteiger partial charge in [0.2, 0.25) is 0 Å². The van der Waals surface area contributed by atoms with Gasteiger partial charge in [-0.15, -0.1) is 0 Å². The molecule has 0 aliphatic heterocycles. The Kier molecular flexibility index (Phi) is 5.28. The van der Waals surface area contributed by atoms with Crippen molar-refractivity contribution in [3.05, 3.63) is 0 Å². The molecule has 0 bridgehead atoms. The normalized spacial score (nSPS) is 33.4. The summed E-state index contributed by atoms with van der Waals surface area (Å²) in [7, 11) is 0. The number of carbonyl (C=O) groups is 3. The Hall–Kier alpha value is -1.27. The Balaban J connectivity index is 1.85. The first-order valence-corrected chi connectivity index (χ1v) is 9.93. The summed E-state index contributed by atoms with van der Waals surface area (Å²) in [6.07, 6.45) is 4.24. The lowest BCUT2D eigenvalue weighted by Gasteiger charge is -2.37. The predicted octanol–water partition coefficient (Wildman–Crippen LogP) is 2.14. The van der Waals surface area contributed by atoms with E-state index in [1.54, 1.807) is 6.92 Å². The number of nitrogens with zero attached hydrogens (tertiary/aromatic N) is 1. The molecule has 0 spiro atoms. The first kappa shape index (κ1) is 19.5. The average molecular weight is 365 g/mol. The van der Waals surface area contributed by atoms with E-state index < -0.39 is 23.0 Å². The van der Waals surface area contributed by atoms with Gasteiger partial charge in [0.15, 0.2) is 11.6 Å². The van der Waals surface area contributed by atoms with Crippen LogP contribution < -0.4 is 0 Å². The van der Waals surface area contributed by atoms with E-state index in [0.29, 0.717) is 13.2 Å². The number of hydrogen-bond donors (Lipinski definition) is 0. The van der Waals surface area contributed by atoms with Gasteiger partial charge in [0.1, 0.15) is 5.60 Å². The third kappa shape index (κ3) is 2.82. The van der Waals surface area contributed by atoms with E-state index in [1.807, 2.05) is 25.7 Å². The molecule has 0 radical (unpaired) electrons. The van der Waals surface area contributed by atoms with Crippen LogP contribution >= 0.6 is 0 Å². The highest BCUT2D eigenvalue weighted by Gasteiger charge is 2.81. The van der Waals surface area contributed by atoms with Crippen LogP contribution in [0.1, 0.15) is 59.8 Å². The van der Waals surface area contributed by atoms with E-state index in [0.717, 1.165) is 25.7 Å². The molecule has 0 amide bonds. The number of hydrogen-bond acceptors (Lipinski definition) is 6. The molecule has 6 nitrogen and oxygen atoms in total. The SMILES string of the molecule is CCOC(=O)CN(C1CCCC1)C1CC(=O)C2(OCC)C(C1=O)C2(C)C. The van der Waals surface area contributed by atoms with Crippen LogP contribution in [-0.4, -0.2) is 59.9 Å². The van der Waals surface area contributed by atoms with Crippen LogP contribution in [0.5, 0.6) is 0 Å². The van der Waals surface area contributed by atoms with Gasteiger partial charge >= 0.3 is 5.97 Å². The Morgan fingerprint density at radius 1 is 1.15 bits per heavy atom. The highest BCUT2D eigenvalue weighted by Crippen LogP contribution is 2.67. The molecule has 0 aromatic rings. The fourth-order valence-electron chi connectivity index (χ4n) is 5.36. The average Bonchev–Trinajstić information content (AvgIpc) is 2.94. The lowest BCUT2D eigenvalue weighted by atomic mass is 9.88. The van der Waals surface area contributed by atoms with E-state index >= 15 is 0 Å². The van der Waals surface area contributed by atoms with E-state index in [1.165, 1.54) is 0 Å². The van der Waals surface area contributed by atoms with Crippen molar-refractivity contribution in [2.75, 3.05) is 19.8 Å². The molecule has 26 heavy (non-hydrogen) atoms. The molecule has 3 atom stereocenters. The highest BCUT2D eigenvalue weighted by atomic mass is 16.5. The van der Waals surface area contributed by atoms with Gasteiger partial charge in [0.25, 0.3) is 0 Å². The van der Waals surface area contributed by atoms with Gasteiger partial charge in [-0.25, -0.2) is 0 Å². The van der Waals surface area contributed by atoms with Crippen LogP contribution in [0, 0.1) is 11.3 Å². The summed E-state index contributed by atoms with van der Waals surface area (Å²) in [5.74, 6) is -0.672. The summed E-state index contributed by atoms with van der Waals surface area (Å²) < 4.78 is 11.0. The topological polar surface area (TPSA) is 72.9 Å². The molecule has 3 fully saturated rings. The van der Waals surface area contributed by atoms with Crippen LogP contribution in [0.3, 0.4) is 0 Å². The molecule has 146 valence electrons. The largest absolute Gasteiger partial charge is 0.465 e. The molecular formula is C20H31NO5. The van der Waals surface area contributed by atoms with Crippen molar-refractivity contribution in [3.8, 4) is 0 Å². The number of esters is 1. The van der Waals surface area contributed by atoms with Gasteiger partial charge < -0.3 is 9.47 Å². The smallest absolute Gasteiger partial charge is 0.320 e. The maximum Gasteiger partial charge on any atom is 0.320 e. The fourth-order valence-corrected chi connectivity index (χ4v) is 5.36. The summed E-state index contributed by atoms with van der Waals surface area (Å²) >= 11 is 0. The summed E-state index contributed by atoms with van der Waals surface area (Å²) in [6, 6.07) is -0.363. The molecule has 0 aromatic carbocycles. The Labute approximate surface area is 155 Å².